The summed E-state index contributed by atoms with van der Waals surface area (Å²) in [6.07, 6.45) is 2.29. The number of phenols is 2. The maximum Gasteiger partial charge on any atom is 0.271 e. The third kappa shape index (κ3) is 5.93. The summed E-state index contributed by atoms with van der Waals surface area (Å²) in [6, 6.07) is 20.3. The van der Waals surface area contributed by atoms with Crippen LogP contribution in [0.3, 0.4) is 0 Å². The van der Waals surface area contributed by atoms with Crippen LogP contribution in [0, 0.1) is 0 Å². The number of amides is 2. The molecule has 0 saturated heterocycles. The summed E-state index contributed by atoms with van der Waals surface area (Å²) in [7, 11) is 0. The van der Waals surface area contributed by atoms with Crippen LogP contribution >= 0.6 is 0 Å². The van der Waals surface area contributed by atoms with E-state index in [1.54, 1.807) is 24.3 Å². The zero-order chi connectivity index (χ0) is 21.3. The van der Waals surface area contributed by atoms with Crippen LogP contribution in [0.25, 0.3) is 0 Å². The molecule has 0 fully saturated rings. The van der Waals surface area contributed by atoms with Crippen LogP contribution in [0.2, 0.25) is 0 Å². The van der Waals surface area contributed by atoms with Crippen LogP contribution in [-0.2, 0) is 11.2 Å². The molecule has 0 atom stereocenters. The SMILES string of the molecule is O=C(CCc1ccccc1)Nc1ccc(C(=O)N/N=C\c2ccc(O)cc2O)cc1. The first kappa shape index (κ1) is 20.6. The number of rotatable bonds is 7. The lowest BCUT2D eigenvalue weighted by Gasteiger charge is -2.06. The van der Waals surface area contributed by atoms with E-state index in [0.29, 0.717) is 29.7 Å². The number of phenolic OH excluding ortho intramolecular Hbond substituents is 2. The van der Waals surface area contributed by atoms with Crippen molar-refractivity contribution in [1.29, 1.82) is 0 Å². The molecule has 7 nitrogen and oxygen atoms in total. The second kappa shape index (κ2) is 9.88. The van der Waals surface area contributed by atoms with Crippen LogP contribution in [0.15, 0.2) is 77.9 Å². The average molecular weight is 403 g/mol. The van der Waals surface area contributed by atoms with Crippen molar-refractivity contribution in [2.45, 2.75) is 12.8 Å². The third-order valence-corrected chi connectivity index (χ3v) is 4.30. The maximum atomic E-state index is 12.2. The van der Waals surface area contributed by atoms with Gasteiger partial charge in [0.2, 0.25) is 5.91 Å². The van der Waals surface area contributed by atoms with Crippen molar-refractivity contribution in [3.8, 4) is 11.5 Å². The van der Waals surface area contributed by atoms with Gasteiger partial charge >= 0.3 is 0 Å². The molecular formula is C23H21N3O4. The van der Waals surface area contributed by atoms with E-state index in [1.807, 2.05) is 30.3 Å². The number of nitrogens with zero attached hydrogens (tertiary/aromatic N) is 1. The second-order valence-corrected chi connectivity index (χ2v) is 6.55. The van der Waals surface area contributed by atoms with E-state index in [1.165, 1.54) is 24.4 Å². The Morgan fingerprint density at radius 2 is 1.67 bits per heavy atom. The van der Waals surface area contributed by atoms with Gasteiger partial charge in [0.1, 0.15) is 11.5 Å². The largest absolute Gasteiger partial charge is 0.508 e. The molecule has 3 aromatic rings. The molecule has 0 aliphatic carbocycles. The molecule has 3 rings (SSSR count). The van der Waals surface area contributed by atoms with E-state index < -0.39 is 5.91 Å². The number of aromatic hydroxyl groups is 2. The highest BCUT2D eigenvalue weighted by Crippen LogP contribution is 2.20. The summed E-state index contributed by atoms with van der Waals surface area (Å²) in [4.78, 5) is 24.2. The van der Waals surface area contributed by atoms with Gasteiger partial charge in [-0.1, -0.05) is 30.3 Å². The molecule has 0 aromatic heterocycles. The van der Waals surface area contributed by atoms with Gasteiger partial charge < -0.3 is 15.5 Å². The van der Waals surface area contributed by atoms with Gasteiger partial charge in [0.05, 0.1) is 6.21 Å². The van der Waals surface area contributed by atoms with Gasteiger partial charge in [-0.25, -0.2) is 5.43 Å². The highest BCUT2D eigenvalue weighted by molar-refractivity contribution is 5.96. The van der Waals surface area contributed by atoms with Gasteiger partial charge in [0.15, 0.2) is 0 Å². The Morgan fingerprint density at radius 1 is 0.933 bits per heavy atom. The van der Waals surface area contributed by atoms with E-state index in [0.717, 1.165) is 5.56 Å². The molecule has 4 N–H and O–H groups in total. The number of anilines is 1. The number of carbonyl (C=O) groups excluding carboxylic acids is 2. The summed E-state index contributed by atoms with van der Waals surface area (Å²) in [5.41, 5.74) is 4.77. The quantitative estimate of drug-likeness (QED) is 0.358. The molecule has 30 heavy (non-hydrogen) atoms. The Labute approximate surface area is 173 Å². The number of hydrazone groups is 1. The summed E-state index contributed by atoms with van der Waals surface area (Å²) in [5, 5.41) is 25.5. The van der Waals surface area contributed by atoms with Crippen LogP contribution in [0.4, 0.5) is 5.69 Å². The number of hydrogen-bond acceptors (Lipinski definition) is 5. The molecular weight excluding hydrogens is 382 g/mol. The van der Waals surface area contributed by atoms with E-state index in [9.17, 15) is 19.8 Å². The highest BCUT2D eigenvalue weighted by Gasteiger charge is 2.07. The lowest BCUT2D eigenvalue weighted by molar-refractivity contribution is -0.116. The van der Waals surface area contributed by atoms with E-state index >= 15 is 0 Å². The number of aryl methyl sites for hydroxylation is 1. The molecule has 152 valence electrons. The first-order chi connectivity index (χ1) is 14.5. The molecule has 0 spiro atoms. The summed E-state index contributed by atoms with van der Waals surface area (Å²) in [5.74, 6) is -0.762. The Kier molecular flexibility index (Phi) is 6.78. The van der Waals surface area contributed by atoms with Crippen molar-refractivity contribution in [3.05, 3.63) is 89.5 Å². The predicted octanol–water partition coefficient (Wildman–Crippen LogP) is 3.43. The molecule has 0 aliphatic rings. The fraction of sp³-hybridized carbons (Fsp3) is 0.0870. The monoisotopic (exact) mass is 403 g/mol. The first-order valence-corrected chi connectivity index (χ1v) is 9.30. The van der Waals surface area contributed by atoms with Crippen molar-refractivity contribution < 1.29 is 19.8 Å². The number of carbonyl (C=O) groups is 2. The number of nitrogens with one attached hydrogen (secondary N) is 2. The maximum absolute atomic E-state index is 12.2. The number of benzene rings is 3. The van der Waals surface area contributed by atoms with Crippen LogP contribution in [0.1, 0.15) is 27.9 Å². The topological polar surface area (TPSA) is 111 Å². The van der Waals surface area contributed by atoms with Gasteiger partial charge in [-0.15, -0.1) is 0 Å². The van der Waals surface area contributed by atoms with E-state index in [2.05, 4.69) is 15.8 Å². The third-order valence-electron chi connectivity index (χ3n) is 4.30. The van der Waals surface area contributed by atoms with Gasteiger partial charge in [-0.2, -0.15) is 5.10 Å². The van der Waals surface area contributed by atoms with Gasteiger partial charge in [-0.3, -0.25) is 9.59 Å². The highest BCUT2D eigenvalue weighted by atomic mass is 16.3. The molecule has 0 bridgehead atoms. The van der Waals surface area contributed by atoms with Gasteiger partial charge in [0.25, 0.3) is 5.91 Å². The van der Waals surface area contributed by atoms with Crippen LogP contribution in [-0.4, -0.2) is 28.2 Å². The molecule has 0 heterocycles. The molecule has 0 aliphatic heterocycles. The van der Waals surface area contributed by atoms with E-state index in [4.69, 9.17) is 0 Å². The smallest absolute Gasteiger partial charge is 0.271 e. The minimum absolute atomic E-state index is 0.0686. The Bertz CT molecular complexity index is 1050. The molecule has 2 amide bonds. The standard InChI is InChI=1S/C23H21N3O4/c27-20-12-9-18(21(28)14-20)15-24-26-23(30)17-7-10-19(11-8-17)25-22(29)13-6-16-4-2-1-3-5-16/h1-5,7-12,14-15,27-28H,6,13H2,(H,25,29)(H,26,30)/b24-15-. The summed E-state index contributed by atoms with van der Waals surface area (Å²) < 4.78 is 0. The summed E-state index contributed by atoms with van der Waals surface area (Å²) in [6.45, 7) is 0. The molecule has 0 unspecified atom stereocenters. The van der Waals surface area contributed by atoms with Crippen molar-refractivity contribution in [2.75, 3.05) is 5.32 Å². The summed E-state index contributed by atoms with van der Waals surface area (Å²) >= 11 is 0. The van der Waals surface area contributed by atoms with Crippen LogP contribution < -0.4 is 10.7 Å². The van der Waals surface area contributed by atoms with E-state index in [-0.39, 0.29) is 17.4 Å². The van der Waals surface area contributed by atoms with Crippen molar-refractivity contribution in [2.24, 2.45) is 5.10 Å². The minimum Gasteiger partial charge on any atom is -0.508 e. The van der Waals surface area contributed by atoms with Gasteiger partial charge in [0, 0.05) is 29.3 Å². The molecule has 3 aromatic carbocycles. The Morgan fingerprint density at radius 3 is 2.37 bits per heavy atom. The second-order valence-electron chi connectivity index (χ2n) is 6.55. The zero-order valence-corrected chi connectivity index (χ0v) is 16.1. The number of hydrogen-bond donors (Lipinski definition) is 4. The Hall–Kier alpha value is -4.13. The Balaban J connectivity index is 1.50. The minimum atomic E-state index is -0.438. The van der Waals surface area contributed by atoms with Crippen LogP contribution in [0.5, 0.6) is 11.5 Å². The normalized spacial score (nSPS) is 10.7. The fourth-order valence-electron chi connectivity index (χ4n) is 2.70. The predicted molar refractivity (Wildman–Crippen MR) is 115 cm³/mol. The fourth-order valence-corrected chi connectivity index (χ4v) is 2.70. The zero-order valence-electron chi connectivity index (χ0n) is 16.1. The average Bonchev–Trinajstić information content (AvgIpc) is 2.75. The first-order valence-electron chi connectivity index (χ1n) is 9.30. The molecule has 0 saturated carbocycles. The van der Waals surface area contributed by atoms with Gasteiger partial charge in [-0.05, 0) is 48.4 Å². The van der Waals surface area contributed by atoms with Crippen molar-refractivity contribution >= 4 is 23.7 Å². The lowest BCUT2D eigenvalue weighted by Crippen LogP contribution is -2.18. The van der Waals surface area contributed by atoms with Crippen molar-refractivity contribution in [3.63, 3.8) is 0 Å². The van der Waals surface area contributed by atoms with Crippen molar-refractivity contribution in [1.82, 2.24) is 5.43 Å². The lowest BCUT2D eigenvalue weighted by atomic mass is 10.1. The molecule has 7 heteroatoms. The molecule has 0 radical (unpaired) electrons.